The molecule has 1 aromatic carbocycles. The van der Waals surface area contributed by atoms with Gasteiger partial charge in [0.2, 0.25) is 10.0 Å². The van der Waals surface area contributed by atoms with Gasteiger partial charge in [-0.25, -0.2) is 13.1 Å². The number of nitrogens with two attached hydrogens (primary N) is 1. The summed E-state index contributed by atoms with van der Waals surface area (Å²) in [4.78, 5) is 0.307. The summed E-state index contributed by atoms with van der Waals surface area (Å²) in [5, 5.41) is 0. The fourth-order valence-electron chi connectivity index (χ4n) is 1.85. The molecule has 0 fully saturated rings. The SMILES string of the molecule is CC#CCCNS(=O)(=O)c1c(C)cc(N)cc1C. The summed E-state index contributed by atoms with van der Waals surface area (Å²) in [7, 11) is -3.49. The molecule has 0 saturated carbocycles. The number of hydrogen-bond acceptors (Lipinski definition) is 3. The van der Waals surface area contributed by atoms with Crippen LogP contribution in [0.25, 0.3) is 0 Å². The van der Waals surface area contributed by atoms with Gasteiger partial charge in [0.05, 0.1) is 4.90 Å². The molecule has 0 heterocycles. The molecule has 18 heavy (non-hydrogen) atoms. The molecule has 0 aliphatic heterocycles. The van der Waals surface area contributed by atoms with Gasteiger partial charge < -0.3 is 5.73 Å². The average Bonchev–Trinajstić information content (AvgIpc) is 2.22. The quantitative estimate of drug-likeness (QED) is 0.494. The van der Waals surface area contributed by atoms with E-state index in [1.54, 1.807) is 32.9 Å². The number of rotatable bonds is 4. The Labute approximate surface area is 109 Å². The van der Waals surface area contributed by atoms with Gasteiger partial charge in [0.1, 0.15) is 0 Å². The molecule has 0 atom stereocenters. The molecule has 5 heteroatoms. The van der Waals surface area contributed by atoms with Crippen molar-refractivity contribution < 1.29 is 8.42 Å². The molecule has 1 rings (SSSR count). The maximum Gasteiger partial charge on any atom is 0.241 e. The zero-order valence-corrected chi connectivity index (χ0v) is 11.7. The lowest BCUT2D eigenvalue weighted by Crippen LogP contribution is -2.26. The highest BCUT2D eigenvalue weighted by molar-refractivity contribution is 7.89. The average molecular weight is 266 g/mol. The van der Waals surface area contributed by atoms with Crippen LogP contribution >= 0.6 is 0 Å². The van der Waals surface area contributed by atoms with E-state index in [-0.39, 0.29) is 0 Å². The van der Waals surface area contributed by atoms with Gasteiger partial charge in [-0.15, -0.1) is 11.8 Å². The van der Waals surface area contributed by atoms with Crippen LogP contribution in [0.3, 0.4) is 0 Å². The third-order valence-corrected chi connectivity index (χ3v) is 4.24. The minimum atomic E-state index is -3.49. The summed E-state index contributed by atoms with van der Waals surface area (Å²) in [5.41, 5.74) is 7.56. The first kappa shape index (κ1) is 14.6. The Morgan fingerprint density at radius 2 is 1.83 bits per heavy atom. The van der Waals surface area contributed by atoms with Crippen LogP contribution in [0.5, 0.6) is 0 Å². The molecule has 0 amide bonds. The highest BCUT2D eigenvalue weighted by atomic mass is 32.2. The van der Waals surface area contributed by atoms with E-state index in [1.807, 2.05) is 0 Å². The van der Waals surface area contributed by atoms with Crippen molar-refractivity contribution in [2.45, 2.75) is 32.1 Å². The zero-order chi connectivity index (χ0) is 13.8. The third-order valence-electron chi connectivity index (χ3n) is 2.47. The minimum absolute atomic E-state index is 0.307. The molecule has 3 N–H and O–H groups in total. The first-order valence-corrected chi connectivity index (χ1v) is 7.13. The van der Waals surface area contributed by atoms with E-state index < -0.39 is 10.0 Å². The molecule has 0 aliphatic carbocycles. The number of nitrogens with one attached hydrogen (secondary N) is 1. The topological polar surface area (TPSA) is 72.2 Å². The van der Waals surface area contributed by atoms with Gasteiger partial charge in [-0.3, -0.25) is 0 Å². The number of sulfonamides is 1. The lowest BCUT2D eigenvalue weighted by molar-refractivity contribution is 0.581. The van der Waals surface area contributed by atoms with Crippen molar-refractivity contribution in [1.29, 1.82) is 0 Å². The predicted octanol–water partition coefficient (Wildman–Crippen LogP) is 1.58. The van der Waals surface area contributed by atoms with Gasteiger partial charge in [-0.1, -0.05) is 0 Å². The standard InChI is InChI=1S/C13H18N2O2S/c1-4-5-6-7-15-18(16,17)13-10(2)8-12(14)9-11(13)3/h8-9,15H,6-7,14H2,1-3H3. The smallest absolute Gasteiger partial charge is 0.241 e. The Kier molecular flexibility index (Phi) is 4.76. The monoisotopic (exact) mass is 266 g/mol. The predicted molar refractivity (Wildman–Crippen MR) is 73.6 cm³/mol. The molecule has 1 aromatic rings. The van der Waals surface area contributed by atoms with E-state index in [0.717, 1.165) is 0 Å². The maximum atomic E-state index is 12.1. The van der Waals surface area contributed by atoms with Crippen molar-refractivity contribution in [3.8, 4) is 11.8 Å². The fraction of sp³-hybridized carbons (Fsp3) is 0.385. The van der Waals surface area contributed by atoms with Crippen LogP contribution in [0.1, 0.15) is 24.5 Å². The molecule has 0 aromatic heterocycles. The normalized spacial score (nSPS) is 10.8. The van der Waals surface area contributed by atoms with Crippen LogP contribution in [-0.4, -0.2) is 15.0 Å². The van der Waals surface area contributed by atoms with Crippen molar-refractivity contribution in [3.05, 3.63) is 23.3 Å². The van der Waals surface area contributed by atoms with Crippen LogP contribution in [0, 0.1) is 25.7 Å². The molecule has 4 nitrogen and oxygen atoms in total. The van der Waals surface area contributed by atoms with E-state index in [4.69, 9.17) is 5.73 Å². The molecule has 0 spiro atoms. The van der Waals surface area contributed by atoms with E-state index in [1.165, 1.54) is 0 Å². The summed E-state index contributed by atoms with van der Waals surface area (Å²) in [6, 6.07) is 3.32. The largest absolute Gasteiger partial charge is 0.399 e. The molecular weight excluding hydrogens is 248 g/mol. The molecule has 0 aliphatic rings. The number of hydrogen-bond donors (Lipinski definition) is 2. The van der Waals surface area contributed by atoms with Crippen LogP contribution < -0.4 is 10.5 Å². The second-order valence-corrected chi connectivity index (χ2v) is 5.76. The molecule has 0 bridgehead atoms. The van der Waals surface area contributed by atoms with E-state index in [9.17, 15) is 8.42 Å². The van der Waals surface area contributed by atoms with Gasteiger partial charge in [0.15, 0.2) is 0 Å². The summed E-state index contributed by atoms with van der Waals surface area (Å²) < 4.78 is 26.8. The van der Waals surface area contributed by atoms with Crippen LogP contribution in [0.2, 0.25) is 0 Å². The van der Waals surface area contributed by atoms with Crippen LogP contribution in [0.15, 0.2) is 17.0 Å². The van der Waals surface area contributed by atoms with Crippen molar-refractivity contribution >= 4 is 15.7 Å². The Hall–Kier alpha value is -1.51. The second kappa shape index (κ2) is 5.89. The summed E-state index contributed by atoms with van der Waals surface area (Å²) in [6.45, 7) is 5.52. The Bertz CT molecular complexity index is 572. The van der Waals surface area contributed by atoms with Crippen molar-refractivity contribution in [2.75, 3.05) is 12.3 Å². The number of nitrogen functional groups attached to an aromatic ring is 1. The second-order valence-electron chi connectivity index (χ2n) is 4.06. The Morgan fingerprint density at radius 3 is 2.33 bits per heavy atom. The fourth-order valence-corrected chi connectivity index (χ4v) is 3.33. The lowest BCUT2D eigenvalue weighted by Gasteiger charge is -2.12. The molecule has 0 unspecified atom stereocenters. The summed E-state index contributed by atoms with van der Waals surface area (Å²) in [5.74, 6) is 5.54. The van der Waals surface area contributed by atoms with Gasteiger partial charge in [0.25, 0.3) is 0 Å². The van der Waals surface area contributed by atoms with Gasteiger partial charge in [0, 0.05) is 18.7 Å². The van der Waals surface area contributed by atoms with Crippen LogP contribution in [0.4, 0.5) is 5.69 Å². The number of benzene rings is 1. The summed E-state index contributed by atoms with van der Waals surface area (Å²) in [6.07, 6.45) is 0.503. The minimum Gasteiger partial charge on any atom is -0.399 e. The molecular formula is C13H18N2O2S. The van der Waals surface area contributed by atoms with Gasteiger partial charge in [-0.05, 0) is 44.0 Å². The van der Waals surface area contributed by atoms with Gasteiger partial charge >= 0.3 is 0 Å². The maximum absolute atomic E-state index is 12.1. The molecule has 98 valence electrons. The first-order chi connectivity index (χ1) is 8.38. The van der Waals surface area contributed by atoms with E-state index in [0.29, 0.717) is 34.7 Å². The Morgan fingerprint density at radius 1 is 1.28 bits per heavy atom. The number of anilines is 1. The van der Waals surface area contributed by atoms with Crippen molar-refractivity contribution in [2.24, 2.45) is 0 Å². The van der Waals surface area contributed by atoms with Crippen LogP contribution in [-0.2, 0) is 10.0 Å². The highest BCUT2D eigenvalue weighted by Crippen LogP contribution is 2.22. The number of aryl methyl sites for hydroxylation is 2. The van der Waals surface area contributed by atoms with E-state index in [2.05, 4.69) is 16.6 Å². The third kappa shape index (κ3) is 3.49. The Balaban J connectivity index is 3.01. The van der Waals surface area contributed by atoms with Crippen molar-refractivity contribution in [1.82, 2.24) is 4.72 Å². The van der Waals surface area contributed by atoms with Gasteiger partial charge in [-0.2, -0.15) is 0 Å². The zero-order valence-electron chi connectivity index (χ0n) is 10.9. The summed E-state index contributed by atoms with van der Waals surface area (Å²) >= 11 is 0. The molecule has 0 saturated heterocycles. The lowest BCUT2D eigenvalue weighted by atomic mass is 10.1. The van der Waals surface area contributed by atoms with E-state index >= 15 is 0 Å². The first-order valence-electron chi connectivity index (χ1n) is 5.64. The molecule has 0 radical (unpaired) electrons. The highest BCUT2D eigenvalue weighted by Gasteiger charge is 2.19. The van der Waals surface area contributed by atoms with Crippen molar-refractivity contribution in [3.63, 3.8) is 0 Å².